The summed E-state index contributed by atoms with van der Waals surface area (Å²) in [6, 6.07) is 19.3. The fourth-order valence-corrected chi connectivity index (χ4v) is 3.95. The fraction of sp³-hybridized carbons (Fsp3) is 0.458. The highest BCUT2D eigenvalue weighted by atomic mass is 127. The minimum atomic E-state index is 0. The Morgan fingerprint density at radius 1 is 0.967 bits per heavy atom. The lowest BCUT2D eigenvalue weighted by molar-refractivity contribution is 0.245. The van der Waals surface area contributed by atoms with Gasteiger partial charge in [0.15, 0.2) is 5.96 Å². The van der Waals surface area contributed by atoms with Gasteiger partial charge in [-0.15, -0.1) is 24.0 Å². The van der Waals surface area contributed by atoms with Crippen LogP contribution in [0.5, 0.6) is 0 Å². The van der Waals surface area contributed by atoms with Crippen molar-refractivity contribution in [2.24, 2.45) is 4.99 Å². The third-order valence-corrected chi connectivity index (χ3v) is 5.74. The van der Waals surface area contributed by atoms with Crippen LogP contribution in [0.2, 0.25) is 0 Å². The number of likely N-dealkylation sites (tertiary alicyclic amines) is 1. The Kier molecular flexibility index (Phi) is 10.6. The maximum Gasteiger partial charge on any atom is 0.191 e. The molecule has 0 spiro atoms. The van der Waals surface area contributed by atoms with Crippen molar-refractivity contribution < 1.29 is 5.11 Å². The van der Waals surface area contributed by atoms with Crippen LogP contribution in [0.3, 0.4) is 0 Å². The number of aliphatic imine (C=N–C) groups is 1. The van der Waals surface area contributed by atoms with Crippen molar-refractivity contribution in [3.05, 3.63) is 71.3 Å². The predicted octanol–water partition coefficient (Wildman–Crippen LogP) is 3.69. The minimum absolute atomic E-state index is 0. The number of halogens is 1. The van der Waals surface area contributed by atoms with Gasteiger partial charge in [-0.3, -0.25) is 9.89 Å². The van der Waals surface area contributed by atoms with E-state index in [2.05, 4.69) is 63.8 Å². The number of nitrogens with zero attached hydrogens (tertiary/aromatic N) is 2. The monoisotopic (exact) mass is 522 g/mol. The standard InChI is InChI=1S/C24H34N4O.HI/c1-19-10-12-21(13-11-19)23(28-14-6-7-15-28)17-27-24(25-2)26-16-22(18-29)20-8-4-3-5-9-20;/h3-5,8-13,22-23,29H,6-7,14-18H2,1-2H3,(H2,25,26,27);1H. The second kappa shape index (κ2) is 12.9. The summed E-state index contributed by atoms with van der Waals surface area (Å²) in [5, 5.41) is 16.7. The van der Waals surface area contributed by atoms with Crippen molar-refractivity contribution in [1.29, 1.82) is 0 Å². The van der Waals surface area contributed by atoms with E-state index in [0.717, 1.165) is 31.2 Å². The van der Waals surface area contributed by atoms with Crippen LogP contribution >= 0.6 is 24.0 Å². The Hall–Kier alpha value is -1.64. The zero-order valence-electron chi connectivity index (χ0n) is 18.1. The summed E-state index contributed by atoms with van der Waals surface area (Å²) >= 11 is 0. The smallest absolute Gasteiger partial charge is 0.191 e. The van der Waals surface area contributed by atoms with Gasteiger partial charge in [-0.1, -0.05) is 60.2 Å². The summed E-state index contributed by atoms with van der Waals surface area (Å²) in [5.41, 5.74) is 3.76. The van der Waals surface area contributed by atoms with Crippen LogP contribution in [0.1, 0.15) is 41.5 Å². The van der Waals surface area contributed by atoms with E-state index in [9.17, 15) is 5.11 Å². The molecule has 1 aliphatic rings. The summed E-state index contributed by atoms with van der Waals surface area (Å²) in [6.45, 7) is 5.97. The molecule has 3 N–H and O–H groups in total. The SMILES string of the molecule is CN=C(NCC(CO)c1ccccc1)NCC(c1ccc(C)cc1)N1CCCC1.I. The Labute approximate surface area is 198 Å². The molecule has 1 heterocycles. The molecule has 2 unspecified atom stereocenters. The largest absolute Gasteiger partial charge is 0.396 e. The first-order chi connectivity index (χ1) is 14.2. The van der Waals surface area contributed by atoms with Gasteiger partial charge in [0.2, 0.25) is 0 Å². The van der Waals surface area contributed by atoms with Crippen molar-refractivity contribution >= 4 is 29.9 Å². The quantitative estimate of drug-likeness (QED) is 0.281. The number of hydrogen-bond donors (Lipinski definition) is 3. The van der Waals surface area contributed by atoms with Crippen LogP contribution in [0, 0.1) is 6.92 Å². The molecule has 1 saturated heterocycles. The highest BCUT2D eigenvalue weighted by Crippen LogP contribution is 2.25. The van der Waals surface area contributed by atoms with Crippen LogP contribution < -0.4 is 10.6 Å². The molecule has 5 nitrogen and oxygen atoms in total. The van der Waals surface area contributed by atoms with Crippen LogP contribution in [-0.4, -0.2) is 55.8 Å². The summed E-state index contributed by atoms with van der Waals surface area (Å²) < 4.78 is 0. The van der Waals surface area contributed by atoms with Crippen LogP contribution in [-0.2, 0) is 0 Å². The molecular formula is C24H35IN4O. The zero-order chi connectivity index (χ0) is 20.5. The number of hydrogen-bond acceptors (Lipinski definition) is 3. The van der Waals surface area contributed by atoms with E-state index >= 15 is 0 Å². The van der Waals surface area contributed by atoms with Gasteiger partial charge in [0.1, 0.15) is 0 Å². The second-order valence-corrected chi connectivity index (χ2v) is 7.79. The van der Waals surface area contributed by atoms with Crippen LogP contribution in [0.15, 0.2) is 59.6 Å². The van der Waals surface area contributed by atoms with Crippen molar-refractivity contribution in [3.8, 4) is 0 Å². The van der Waals surface area contributed by atoms with Gasteiger partial charge >= 0.3 is 0 Å². The number of nitrogens with one attached hydrogen (secondary N) is 2. The maximum atomic E-state index is 9.79. The molecule has 1 aliphatic heterocycles. The van der Waals surface area contributed by atoms with E-state index in [-0.39, 0.29) is 36.5 Å². The van der Waals surface area contributed by atoms with Gasteiger partial charge in [-0.2, -0.15) is 0 Å². The van der Waals surface area contributed by atoms with E-state index in [4.69, 9.17) is 0 Å². The fourth-order valence-electron chi connectivity index (χ4n) is 3.95. The van der Waals surface area contributed by atoms with Crippen LogP contribution in [0.25, 0.3) is 0 Å². The van der Waals surface area contributed by atoms with Gasteiger partial charge in [-0.25, -0.2) is 0 Å². The first kappa shape index (κ1) is 24.6. The first-order valence-corrected chi connectivity index (χ1v) is 10.6. The highest BCUT2D eigenvalue weighted by Gasteiger charge is 2.23. The number of aliphatic hydroxyl groups is 1. The maximum absolute atomic E-state index is 9.79. The van der Waals surface area contributed by atoms with Crippen molar-refractivity contribution in [3.63, 3.8) is 0 Å². The lowest BCUT2D eigenvalue weighted by atomic mass is 10.0. The first-order valence-electron chi connectivity index (χ1n) is 10.6. The topological polar surface area (TPSA) is 59.9 Å². The number of aliphatic hydroxyl groups excluding tert-OH is 1. The lowest BCUT2D eigenvalue weighted by Crippen LogP contribution is -2.44. The molecule has 30 heavy (non-hydrogen) atoms. The molecule has 0 bridgehead atoms. The Morgan fingerprint density at radius 3 is 2.20 bits per heavy atom. The number of rotatable bonds is 8. The molecule has 2 aromatic carbocycles. The third kappa shape index (κ3) is 6.96. The van der Waals surface area contributed by atoms with E-state index in [1.807, 2.05) is 18.2 Å². The van der Waals surface area contributed by atoms with Gasteiger partial charge < -0.3 is 15.7 Å². The molecule has 0 amide bonds. The Bertz CT molecular complexity index is 761. The van der Waals surface area contributed by atoms with Gasteiger partial charge in [0.25, 0.3) is 0 Å². The van der Waals surface area contributed by atoms with E-state index in [1.165, 1.54) is 24.0 Å². The molecule has 0 aliphatic carbocycles. The van der Waals surface area contributed by atoms with Gasteiger partial charge in [0, 0.05) is 26.1 Å². The molecule has 0 saturated carbocycles. The Balaban J connectivity index is 0.00000320. The highest BCUT2D eigenvalue weighted by molar-refractivity contribution is 14.0. The van der Waals surface area contributed by atoms with Crippen molar-refractivity contribution in [1.82, 2.24) is 15.5 Å². The zero-order valence-corrected chi connectivity index (χ0v) is 20.4. The molecule has 164 valence electrons. The van der Waals surface area contributed by atoms with Crippen molar-refractivity contribution in [2.45, 2.75) is 31.7 Å². The molecule has 0 radical (unpaired) electrons. The average Bonchev–Trinajstić information content (AvgIpc) is 3.29. The second-order valence-electron chi connectivity index (χ2n) is 7.79. The molecule has 6 heteroatoms. The summed E-state index contributed by atoms with van der Waals surface area (Å²) in [7, 11) is 1.79. The number of guanidine groups is 1. The van der Waals surface area contributed by atoms with Crippen molar-refractivity contribution in [2.75, 3.05) is 39.8 Å². The molecular weight excluding hydrogens is 487 g/mol. The third-order valence-electron chi connectivity index (χ3n) is 5.74. The van der Waals surface area contributed by atoms with Gasteiger partial charge in [0.05, 0.1) is 12.6 Å². The lowest BCUT2D eigenvalue weighted by Gasteiger charge is -2.29. The number of aryl methyl sites for hydroxylation is 1. The normalized spacial score (nSPS) is 16.6. The van der Waals surface area contributed by atoms with Crippen LogP contribution in [0.4, 0.5) is 0 Å². The molecule has 3 rings (SSSR count). The summed E-state index contributed by atoms with van der Waals surface area (Å²) in [4.78, 5) is 6.95. The summed E-state index contributed by atoms with van der Waals surface area (Å²) in [6.07, 6.45) is 2.54. The minimum Gasteiger partial charge on any atom is -0.396 e. The average molecular weight is 522 g/mol. The summed E-state index contributed by atoms with van der Waals surface area (Å²) in [5.74, 6) is 0.817. The Morgan fingerprint density at radius 2 is 1.60 bits per heavy atom. The van der Waals surface area contributed by atoms with Gasteiger partial charge in [-0.05, 0) is 44.0 Å². The molecule has 1 fully saturated rings. The molecule has 2 aromatic rings. The van der Waals surface area contributed by atoms with E-state index < -0.39 is 0 Å². The molecule has 0 aromatic heterocycles. The predicted molar refractivity (Wildman–Crippen MR) is 136 cm³/mol. The number of benzene rings is 2. The van der Waals surface area contributed by atoms with E-state index in [0.29, 0.717) is 12.6 Å². The molecule has 2 atom stereocenters. The van der Waals surface area contributed by atoms with E-state index in [1.54, 1.807) is 7.05 Å².